The second kappa shape index (κ2) is 5.94. The van der Waals surface area contributed by atoms with E-state index in [0.29, 0.717) is 13.2 Å². The minimum absolute atomic E-state index is 0.0332. The molecule has 0 heterocycles. The van der Waals surface area contributed by atoms with Gasteiger partial charge in [0.15, 0.2) is 0 Å². The van der Waals surface area contributed by atoms with Crippen LogP contribution in [-0.2, 0) is 9.53 Å². The van der Waals surface area contributed by atoms with Gasteiger partial charge >= 0.3 is 0 Å². The minimum atomic E-state index is -0.0332. The molecule has 76 valence electrons. The largest absolute Gasteiger partial charge is 0.370 e. The van der Waals surface area contributed by atoms with Gasteiger partial charge in [-0.1, -0.05) is 12.8 Å². The highest BCUT2D eigenvalue weighted by atomic mass is 16.5. The number of rotatable bonds is 7. The fourth-order valence-electron chi connectivity index (χ4n) is 1.12. The molecule has 0 spiro atoms. The SMILES string of the molecule is NCCOCC(=O)NCCC1CC1. The maximum atomic E-state index is 11.0. The first-order valence-electron chi connectivity index (χ1n) is 4.87. The molecule has 1 aliphatic carbocycles. The lowest BCUT2D eigenvalue weighted by Crippen LogP contribution is -2.29. The van der Waals surface area contributed by atoms with E-state index in [9.17, 15) is 4.79 Å². The average molecular weight is 186 g/mol. The van der Waals surface area contributed by atoms with E-state index in [2.05, 4.69) is 5.32 Å². The number of hydrogen-bond donors (Lipinski definition) is 2. The number of nitrogens with one attached hydrogen (secondary N) is 1. The molecule has 3 N–H and O–H groups in total. The first-order valence-corrected chi connectivity index (χ1v) is 4.87. The lowest BCUT2D eigenvalue weighted by Gasteiger charge is -2.04. The van der Waals surface area contributed by atoms with Crippen molar-refractivity contribution < 1.29 is 9.53 Å². The van der Waals surface area contributed by atoms with Crippen molar-refractivity contribution >= 4 is 5.91 Å². The Balaban J connectivity index is 1.84. The molecule has 0 saturated heterocycles. The molecule has 4 heteroatoms. The summed E-state index contributed by atoms with van der Waals surface area (Å²) in [5.74, 6) is 0.833. The molecule has 1 amide bonds. The normalized spacial score (nSPS) is 15.8. The summed E-state index contributed by atoms with van der Waals surface area (Å²) in [4.78, 5) is 11.0. The van der Waals surface area contributed by atoms with Gasteiger partial charge in [-0.25, -0.2) is 0 Å². The van der Waals surface area contributed by atoms with Crippen LogP contribution in [0, 0.1) is 5.92 Å². The Kier molecular flexibility index (Phi) is 4.78. The van der Waals surface area contributed by atoms with Crippen molar-refractivity contribution in [1.82, 2.24) is 5.32 Å². The second-order valence-electron chi connectivity index (χ2n) is 3.42. The van der Waals surface area contributed by atoms with Gasteiger partial charge in [0, 0.05) is 13.1 Å². The van der Waals surface area contributed by atoms with Crippen LogP contribution in [0.3, 0.4) is 0 Å². The third kappa shape index (κ3) is 5.60. The Labute approximate surface area is 78.8 Å². The number of amides is 1. The molecule has 1 saturated carbocycles. The van der Waals surface area contributed by atoms with Gasteiger partial charge in [0.2, 0.25) is 5.91 Å². The Morgan fingerprint density at radius 2 is 2.31 bits per heavy atom. The molecule has 0 bridgehead atoms. The molecule has 0 aromatic heterocycles. The van der Waals surface area contributed by atoms with E-state index in [4.69, 9.17) is 10.5 Å². The van der Waals surface area contributed by atoms with Crippen LogP contribution >= 0.6 is 0 Å². The second-order valence-corrected chi connectivity index (χ2v) is 3.42. The maximum absolute atomic E-state index is 11.0. The van der Waals surface area contributed by atoms with Crippen LogP contribution in [0.5, 0.6) is 0 Å². The molecule has 1 aliphatic rings. The van der Waals surface area contributed by atoms with Gasteiger partial charge in [-0.3, -0.25) is 4.79 Å². The monoisotopic (exact) mass is 186 g/mol. The molecule has 0 aromatic carbocycles. The number of ether oxygens (including phenoxy) is 1. The molecule has 1 rings (SSSR count). The molecular weight excluding hydrogens is 168 g/mol. The van der Waals surface area contributed by atoms with Crippen molar-refractivity contribution in [3.63, 3.8) is 0 Å². The van der Waals surface area contributed by atoms with Gasteiger partial charge in [-0.15, -0.1) is 0 Å². The summed E-state index contributed by atoms with van der Waals surface area (Å²) in [5, 5.41) is 2.81. The van der Waals surface area contributed by atoms with E-state index in [1.54, 1.807) is 0 Å². The zero-order chi connectivity index (χ0) is 9.52. The van der Waals surface area contributed by atoms with Gasteiger partial charge in [0.25, 0.3) is 0 Å². The van der Waals surface area contributed by atoms with Crippen LogP contribution in [0.4, 0.5) is 0 Å². The average Bonchev–Trinajstić information content (AvgIpc) is 2.89. The van der Waals surface area contributed by atoms with Gasteiger partial charge in [0.1, 0.15) is 6.61 Å². The molecule has 0 unspecified atom stereocenters. The van der Waals surface area contributed by atoms with Crippen molar-refractivity contribution in [2.45, 2.75) is 19.3 Å². The summed E-state index contributed by atoms with van der Waals surface area (Å²) < 4.78 is 4.98. The van der Waals surface area contributed by atoms with E-state index in [0.717, 1.165) is 18.9 Å². The Morgan fingerprint density at radius 3 is 2.92 bits per heavy atom. The van der Waals surface area contributed by atoms with Crippen molar-refractivity contribution in [3.05, 3.63) is 0 Å². The zero-order valence-corrected chi connectivity index (χ0v) is 7.92. The highest BCUT2D eigenvalue weighted by Crippen LogP contribution is 2.31. The maximum Gasteiger partial charge on any atom is 0.245 e. The molecule has 0 aliphatic heterocycles. The third-order valence-corrected chi connectivity index (χ3v) is 2.07. The third-order valence-electron chi connectivity index (χ3n) is 2.07. The number of nitrogens with two attached hydrogens (primary N) is 1. The zero-order valence-electron chi connectivity index (χ0n) is 7.92. The van der Waals surface area contributed by atoms with Gasteiger partial charge in [0.05, 0.1) is 6.61 Å². The number of carbonyl (C=O) groups excluding carboxylic acids is 1. The van der Waals surface area contributed by atoms with Crippen molar-refractivity contribution in [2.24, 2.45) is 11.7 Å². The molecule has 1 fully saturated rings. The summed E-state index contributed by atoms with van der Waals surface area (Å²) in [6.45, 7) is 1.85. The smallest absolute Gasteiger partial charge is 0.245 e. The van der Waals surface area contributed by atoms with Crippen molar-refractivity contribution in [2.75, 3.05) is 26.3 Å². The van der Waals surface area contributed by atoms with Gasteiger partial charge in [-0.2, -0.15) is 0 Å². The fourth-order valence-corrected chi connectivity index (χ4v) is 1.12. The van der Waals surface area contributed by atoms with Crippen LogP contribution in [0.2, 0.25) is 0 Å². The van der Waals surface area contributed by atoms with E-state index >= 15 is 0 Å². The van der Waals surface area contributed by atoms with E-state index < -0.39 is 0 Å². The highest BCUT2D eigenvalue weighted by Gasteiger charge is 2.20. The first-order chi connectivity index (χ1) is 6.33. The summed E-state index contributed by atoms with van der Waals surface area (Å²) >= 11 is 0. The molecular formula is C9H18N2O2. The summed E-state index contributed by atoms with van der Waals surface area (Å²) in [6, 6.07) is 0. The van der Waals surface area contributed by atoms with Crippen LogP contribution < -0.4 is 11.1 Å². The van der Waals surface area contributed by atoms with Crippen LogP contribution in [0.25, 0.3) is 0 Å². The topological polar surface area (TPSA) is 64.3 Å². The molecule has 4 nitrogen and oxygen atoms in total. The predicted molar refractivity (Wildman–Crippen MR) is 50.2 cm³/mol. The van der Waals surface area contributed by atoms with Crippen LogP contribution in [0.1, 0.15) is 19.3 Å². The van der Waals surface area contributed by atoms with Crippen molar-refractivity contribution in [3.8, 4) is 0 Å². The van der Waals surface area contributed by atoms with Gasteiger partial charge < -0.3 is 15.8 Å². The molecule has 13 heavy (non-hydrogen) atoms. The highest BCUT2D eigenvalue weighted by molar-refractivity contribution is 5.77. The summed E-state index contributed by atoms with van der Waals surface area (Å²) in [6.07, 6.45) is 3.78. The quantitative estimate of drug-likeness (QED) is 0.545. The van der Waals surface area contributed by atoms with Crippen LogP contribution in [-0.4, -0.2) is 32.2 Å². The number of hydrogen-bond acceptors (Lipinski definition) is 3. The summed E-state index contributed by atoms with van der Waals surface area (Å²) in [5.41, 5.74) is 5.21. The van der Waals surface area contributed by atoms with E-state index in [1.165, 1.54) is 12.8 Å². The Morgan fingerprint density at radius 1 is 1.54 bits per heavy atom. The predicted octanol–water partition coefficient (Wildman–Crippen LogP) is -0.122. The molecule has 0 atom stereocenters. The van der Waals surface area contributed by atoms with E-state index in [-0.39, 0.29) is 12.5 Å². The lowest BCUT2D eigenvalue weighted by molar-refractivity contribution is -0.125. The fraction of sp³-hybridized carbons (Fsp3) is 0.889. The van der Waals surface area contributed by atoms with Crippen LogP contribution in [0.15, 0.2) is 0 Å². The molecule has 0 aromatic rings. The first kappa shape index (κ1) is 10.5. The lowest BCUT2D eigenvalue weighted by atomic mass is 10.3. The standard InChI is InChI=1S/C9H18N2O2/c10-4-6-13-7-9(12)11-5-3-8-1-2-8/h8H,1-7,10H2,(H,11,12). The van der Waals surface area contributed by atoms with E-state index in [1.807, 2.05) is 0 Å². The minimum Gasteiger partial charge on any atom is -0.370 e. The van der Waals surface area contributed by atoms with Crippen molar-refractivity contribution in [1.29, 1.82) is 0 Å². The summed E-state index contributed by atoms with van der Waals surface area (Å²) in [7, 11) is 0. The van der Waals surface area contributed by atoms with Gasteiger partial charge in [-0.05, 0) is 12.3 Å². The number of carbonyl (C=O) groups is 1. The Bertz CT molecular complexity index is 158. The Hall–Kier alpha value is -0.610. The molecule has 0 radical (unpaired) electrons.